The summed E-state index contributed by atoms with van der Waals surface area (Å²) in [7, 11) is 1.57. The topological polar surface area (TPSA) is 90.6 Å². The van der Waals surface area contributed by atoms with Crippen molar-refractivity contribution in [1.29, 1.82) is 0 Å². The molecule has 4 aromatic rings. The number of aryl methyl sites for hydroxylation is 2. The van der Waals surface area contributed by atoms with Crippen LogP contribution in [0.4, 0.5) is 26.3 Å². The molecule has 15 heteroatoms. The van der Waals surface area contributed by atoms with E-state index in [1.807, 2.05) is 16.7 Å². The summed E-state index contributed by atoms with van der Waals surface area (Å²) in [4.78, 5) is 25.5. The van der Waals surface area contributed by atoms with Crippen LogP contribution in [0.3, 0.4) is 0 Å². The lowest BCUT2D eigenvalue weighted by atomic mass is 9.84. The van der Waals surface area contributed by atoms with E-state index in [0.717, 1.165) is 36.2 Å². The number of hydrogen-bond donors (Lipinski definition) is 1. The minimum absolute atomic E-state index is 0.00759. The number of esters is 1. The normalized spacial score (nSPS) is 14.0. The van der Waals surface area contributed by atoms with Crippen LogP contribution in [0.25, 0.3) is 5.69 Å². The van der Waals surface area contributed by atoms with Crippen molar-refractivity contribution in [3.63, 3.8) is 0 Å². The number of carboxylic acid groups (broad SMARTS) is 1. The van der Waals surface area contributed by atoms with E-state index in [2.05, 4.69) is 0 Å². The number of ether oxygens (including phenoxy) is 2. The van der Waals surface area contributed by atoms with E-state index in [0.29, 0.717) is 27.2 Å². The van der Waals surface area contributed by atoms with Crippen molar-refractivity contribution < 1.29 is 50.5 Å². The summed E-state index contributed by atoms with van der Waals surface area (Å²) in [5, 5.41) is 8.20. The highest BCUT2D eigenvalue weighted by Crippen LogP contribution is 2.43. The number of aromatic nitrogens is 2. The third-order valence-corrected chi connectivity index (χ3v) is 8.85. The van der Waals surface area contributed by atoms with E-state index in [-0.39, 0.29) is 42.5 Å². The van der Waals surface area contributed by atoms with E-state index in [9.17, 15) is 22.4 Å². The van der Waals surface area contributed by atoms with Gasteiger partial charge >= 0.3 is 18.1 Å². The zero-order valence-corrected chi connectivity index (χ0v) is 27.8. The third-order valence-electron chi connectivity index (χ3n) is 7.57. The highest BCUT2D eigenvalue weighted by molar-refractivity contribution is 7.98. The lowest BCUT2D eigenvalue weighted by Crippen LogP contribution is -2.21. The Kier molecular flexibility index (Phi) is 12.7. The summed E-state index contributed by atoms with van der Waals surface area (Å²) in [6.45, 7) is 1.96. The van der Waals surface area contributed by atoms with Crippen molar-refractivity contribution >= 4 is 35.3 Å². The Morgan fingerprint density at radius 1 is 1.06 bits per heavy atom. The van der Waals surface area contributed by atoms with Crippen LogP contribution in [0.2, 0.25) is 5.02 Å². The Labute approximate surface area is 287 Å². The first-order chi connectivity index (χ1) is 23.2. The van der Waals surface area contributed by atoms with E-state index in [1.54, 1.807) is 32.2 Å². The first-order valence-corrected chi connectivity index (χ1v) is 16.4. The number of carbonyl (C=O) groups is 2. The summed E-state index contributed by atoms with van der Waals surface area (Å²) in [5.74, 6) is -4.38. The predicted octanol–water partition coefficient (Wildman–Crippen LogP) is 8.84. The highest BCUT2D eigenvalue weighted by Gasteiger charge is 2.38. The van der Waals surface area contributed by atoms with Crippen LogP contribution in [-0.4, -0.2) is 46.5 Å². The molecule has 3 aromatic carbocycles. The Bertz CT molecular complexity index is 1780. The van der Waals surface area contributed by atoms with Crippen LogP contribution >= 0.6 is 23.4 Å². The summed E-state index contributed by atoms with van der Waals surface area (Å²) in [5.41, 5.74) is 3.86. The van der Waals surface area contributed by atoms with Crippen LogP contribution in [0.15, 0.2) is 59.8 Å². The van der Waals surface area contributed by atoms with Crippen LogP contribution < -0.4 is 4.74 Å². The average molecular weight is 729 g/mol. The quantitative estimate of drug-likeness (QED) is 0.0992. The molecule has 262 valence electrons. The largest absolute Gasteiger partial charge is 0.495 e. The number of benzene rings is 3. The van der Waals surface area contributed by atoms with Crippen LogP contribution in [0, 0.1) is 17.5 Å². The van der Waals surface area contributed by atoms with Crippen molar-refractivity contribution in [1.82, 2.24) is 9.55 Å². The van der Waals surface area contributed by atoms with Gasteiger partial charge in [0.25, 0.3) is 0 Å². The van der Waals surface area contributed by atoms with Gasteiger partial charge in [-0.05, 0) is 92.3 Å². The van der Waals surface area contributed by atoms with Gasteiger partial charge in [0, 0.05) is 29.3 Å². The van der Waals surface area contributed by atoms with Gasteiger partial charge in [0.1, 0.15) is 23.2 Å². The number of rotatable bonds is 10. The number of alkyl halides is 3. The van der Waals surface area contributed by atoms with E-state index >= 15 is 8.78 Å². The molecule has 1 N–H and O–H groups in total. The Morgan fingerprint density at radius 2 is 1.71 bits per heavy atom. The smallest absolute Gasteiger partial charge is 0.490 e. The molecule has 1 aromatic heterocycles. The van der Waals surface area contributed by atoms with Gasteiger partial charge in [-0.3, -0.25) is 9.36 Å². The molecule has 1 atom stereocenters. The average Bonchev–Trinajstić information content (AvgIpc) is 3.42. The van der Waals surface area contributed by atoms with Crippen LogP contribution in [0.1, 0.15) is 60.2 Å². The molecular weight excluding hydrogens is 698 g/mol. The molecule has 1 aliphatic carbocycles. The summed E-state index contributed by atoms with van der Waals surface area (Å²) in [6, 6.07) is 14.3. The van der Waals surface area contributed by atoms with Gasteiger partial charge in [-0.1, -0.05) is 29.4 Å². The van der Waals surface area contributed by atoms with Crippen molar-refractivity contribution in [2.75, 3.05) is 13.7 Å². The van der Waals surface area contributed by atoms with E-state index in [4.69, 9.17) is 36.0 Å². The summed E-state index contributed by atoms with van der Waals surface area (Å²) < 4.78 is 88.2. The van der Waals surface area contributed by atoms with Crippen molar-refractivity contribution in [3.05, 3.63) is 105 Å². The second kappa shape index (κ2) is 16.5. The first kappa shape index (κ1) is 37.6. The molecule has 1 unspecified atom stereocenters. The summed E-state index contributed by atoms with van der Waals surface area (Å²) in [6.07, 6.45) is -2.36. The number of fused-ring (bicyclic) bond motifs is 1. The number of imidazole rings is 1. The Morgan fingerprint density at radius 3 is 2.31 bits per heavy atom. The van der Waals surface area contributed by atoms with E-state index < -0.39 is 29.7 Å². The predicted molar refractivity (Wildman–Crippen MR) is 171 cm³/mol. The number of thioether (sulfide) groups is 1. The molecule has 1 aliphatic rings. The van der Waals surface area contributed by atoms with Gasteiger partial charge in [-0.25, -0.2) is 22.9 Å². The molecule has 0 aliphatic heterocycles. The lowest BCUT2D eigenvalue weighted by Gasteiger charge is -2.26. The number of nitrogens with zero attached hydrogens (tertiary/aromatic N) is 2. The number of halogens is 7. The number of carboxylic acids is 1. The van der Waals surface area contributed by atoms with Crippen molar-refractivity contribution in [2.45, 2.75) is 62.0 Å². The Hall–Kier alpha value is -4.17. The fourth-order valence-corrected chi connectivity index (χ4v) is 6.57. The maximum Gasteiger partial charge on any atom is 0.490 e. The van der Waals surface area contributed by atoms with Crippen molar-refractivity contribution in [3.8, 4) is 11.4 Å². The number of carbonyl (C=O) groups excluding carboxylic acids is 1. The third kappa shape index (κ3) is 9.50. The number of methoxy groups -OCH3 is 1. The second-order valence-electron chi connectivity index (χ2n) is 10.8. The lowest BCUT2D eigenvalue weighted by molar-refractivity contribution is -0.192. The Balaban J connectivity index is 0.000000698. The first-order valence-electron chi connectivity index (χ1n) is 15.0. The van der Waals surface area contributed by atoms with Crippen LogP contribution in [-0.2, 0) is 32.9 Å². The molecule has 0 spiro atoms. The van der Waals surface area contributed by atoms with E-state index in [1.165, 1.54) is 36.0 Å². The number of aliphatic carboxylic acids is 1. The summed E-state index contributed by atoms with van der Waals surface area (Å²) >= 11 is 7.51. The maximum atomic E-state index is 15.1. The molecule has 0 saturated carbocycles. The molecule has 7 nitrogen and oxygen atoms in total. The monoisotopic (exact) mass is 728 g/mol. The fourth-order valence-electron chi connectivity index (χ4n) is 5.31. The SMILES string of the molecule is CCOC(=O)CCc1cc(F)c(CSc2nc3c(n2-c2ccc(F)cc2)C(c2ccc(Cl)c(OC)c2)CCC3)c(F)c1.O=C(O)C(F)(F)F. The molecular formula is C34H31ClF6N2O5S. The van der Waals surface area contributed by atoms with Gasteiger partial charge in [0.05, 0.1) is 30.1 Å². The fraction of sp³-hybridized carbons (Fsp3) is 0.324. The maximum absolute atomic E-state index is 15.1. The molecule has 0 saturated heterocycles. The zero-order valence-electron chi connectivity index (χ0n) is 26.3. The highest BCUT2D eigenvalue weighted by atomic mass is 35.5. The molecule has 5 rings (SSSR count). The van der Waals surface area contributed by atoms with Gasteiger partial charge in [-0.2, -0.15) is 13.2 Å². The van der Waals surface area contributed by atoms with Gasteiger partial charge in [-0.15, -0.1) is 0 Å². The number of hydrogen-bond acceptors (Lipinski definition) is 6. The zero-order chi connectivity index (χ0) is 35.9. The second-order valence-corrected chi connectivity index (χ2v) is 12.2. The van der Waals surface area contributed by atoms with Crippen LogP contribution in [0.5, 0.6) is 5.75 Å². The molecule has 0 radical (unpaired) electrons. The van der Waals surface area contributed by atoms with Gasteiger partial charge in [0.2, 0.25) is 0 Å². The van der Waals surface area contributed by atoms with Crippen molar-refractivity contribution in [2.24, 2.45) is 0 Å². The molecule has 1 heterocycles. The minimum Gasteiger partial charge on any atom is -0.495 e. The van der Waals surface area contributed by atoms with Gasteiger partial charge in [0.15, 0.2) is 5.16 Å². The molecule has 0 fully saturated rings. The van der Waals surface area contributed by atoms with Gasteiger partial charge < -0.3 is 14.6 Å². The molecule has 49 heavy (non-hydrogen) atoms. The molecule has 0 amide bonds. The molecule has 0 bridgehead atoms. The minimum atomic E-state index is -5.08. The standard InChI is InChI=1S/C32H30ClF3N2O3S.C2HF3O2/c1-3-41-30(39)14-7-19-15-26(35)24(27(36)16-19)18-42-32-37-28-6-4-5-23(20-8-13-25(33)29(17-20)40-2)31(28)38(32)22-11-9-21(34)10-12-22;3-2(4,5)1(6)7/h8-13,15-17,23H,3-7,14,18H2,1-2H3;(H,6,7).